The van der Waals surface area contributed by atoms with Gasteiger partial charge < -0.3 is 20.8 Å². The lowest BCUT2D eigenvalue weighted by molar-refractivity contribution is 0.103. The molecule has 5 heterocycles. The number of nitrogens with zero attached hydrogens (tertiary/aromatic N) is 4. The van der Waals surface area contributed by atoms with E-state index in [2.05, 4.69) is 31.3 Å². The molecule has 0 saturated carbocycles. The van der Waals surface area contributed by atoms with Crippen LogP contribution in [0.25, 0.3) is 16.6 Å². The molecular weight excluding hydrogens is 540 g/mol. The molecule has 42 heavy (non-hydrogen) atoms. The molecule has 11 heteroatoms. The Labute approximate surface area is 240 Å². The highest BCUT2D eigenvalue weighted by molar-refractivity contribution is 6.12. The summed E-state index contributed by atoms with van der Waals surface area (Å²) in [5.41, 5.74) is 11.7. The Morgan fingerprint density at radius 3 is 2.71 bits per heavy atom. The Balaban J connectivity index is 1.14. The first kappa shape index (κ1) is 26.3. The molecule has 0 radical (unpaired) electrons. The number of benzene rings is 2. The van der Waals surface area contributed by atoms with E-state index in [1.807, 2.05) is 12.1 Å². The second kappa shape index (κ2) is 10.3. The maximum atomic E-state index is 14.0. The number of aromatic amines is 1. The molecule has 2 aliphatic heterocycles. The number of anilines is 1. The number of nitrogens with two attached hydrogens (primary N) is 1. The monoisotopic (exact) mass is 569 g/mol. The van der Waals surface area contributed by atoms with E-state index < -0.39 is 17.4 Å². The number of nitrogens with one attached hydrogen (secondary N) is 2. The van der Waals surface area contributed by atoms with Crippen LogP contribution in [-0.4, -0.2) is 56.1 Å². The van der Waals surface area contributed by atoms with Crippen LogP contribution in [0, 0.1) is 18.6 Å². The van der Waals surface area contributed by atoms with Crippen LogP contribution < -0.4 is 15.8 Å². The molecule has 3 aromatic heterocycles. The lowest BCUT2D eigenvalue weighted by Crippen LogP contribution is -2.51. The Kier molecular flexibility index (Phi) is 6.47. The van der Waals surface area contributed by atoms with Crippen LogP contribution in [0.15, 0.2) is 54.9 Å². The smallest absolute Gasteiger partial charge is 0.219 e. The summed E-state index contributed by atoms with van der Waals surface area (Å²) in [7, 11) is 0. The van der Waals surface area contributed by atoms with E-state index in [1.165, 1.54) is 46.8 Å². The predicted octanol–water partition coefficient (Wildman–Crippen LogP) is 4.66. The van der Waals surface area contributed by atoms with Crippen LogP contribution in [0.3, 0.4) is 0 Å². The number of H-pyrrole nitrogens is 1. The molecule has 2 aromatic carbocycles. The van der Waals surface area contributed by atoms with Gasteiger partial charge in [0.25, 0.3) is 0 Å². The zero-order valence-corrected chi connectivity index (χ0v) is 23.0. The first-order valence-electron chi connectivity index (χ1n) is 13.9. The Hall–Kier alpha value is -4.61. The Morgan fingerprint density at radius 1 is 1.17 bits per heavy atom. The lowest BCUT2D eigenvalue weighted by atomic mass is 9.95. The number of carbonyl (C=O) groups excluding carboxylic acids is 1. The first-order valence-corrected chi connectivity index (χ1v) is 13.9. The van der Waals surface area contributed by atoms with Gasteiger partial charge in [0, 0.05) is 42.6 Å². The number of aromatic nitrogens is 4. The number of hydrogen-bond acceptors (Lipinski definition) is 7. The summed E-state index contributed by atoms with van der Waals surface area (Å²) in [5, 5.41) is 8.89. The fourth-order valence-corrected chi connectivity index (χ4v) is 5.76. The van der Waals surface area contributed by atoms with Crippen molar-refractivity contribution in [1.29, 1.82) is 0 Å². The molecule has 2 aliphatic rings. The summed E-state index contributed by atoms with van der Waals surface area (Å²) < 4.78 is 34.8. The predicted molar refractivity (Wildman–Crippen MR) is 154 cm³/mol. The van der Waals surface area contributed by atoms with Crippen molar-refractivity contribution in [2.75, 3.05) is 25.4 Å². The van der Waals surface area contributed by atoms with E-state index in [1.54, 1.807) is 6.92 Å². The summed E-state index contributed by atoms with van der Waals surface area (Å²) in [5.74, 6) is -2.32. The summed E-state index contributed by atoms with van der Waals surface area (Å²) in [6.45, 7) is 5.77. The second-order valence-electron chi connectivity index (χ2n) is 10.9. The van der Waals surface area contributed by atoms with E-state index in [0.29, 0.717) is 23.0 Å². The van der Waals surface area contributed by atoms with E-state index in [-0.39, 0.29) is 23.0 Å². The maximum absolute atomic E-state index is 14.0. The molecule has 0 spiro atoms. The highest BCUT2D eigenvalue weighted by Gasteiger charge is 2.26. The Morgan fingerprint density at radius 2 is 1.98 bits per heavy atom. The van der Waals surface area contributed by atoms with Gasteiger partial charge in [-0.25, -0.2) is 18.4 Å². The molecule has 1 atom stereocenters. The molecule has 1 unspecified atom stereocenters. The summed E-state index contributed by atoms with van der Waals surface area (Å²) in [6, 6.07) is 11.6. The summed E-state index contributed by atoms with van der Waals surface area (Å²) in [6.07, 6.45) is 5.07. The van der Waals surface area contributed by atoms with Crippen LogP contribution in [0.2, 0.25) is 0 Å². The number of nitrogen functional groups attached to an aromatic ring is 1. The third kappa shape index (κ3) is 4.60. The van der Waals surface area contributed by atoms with Crippen molar-refractivity contribution < 1.29 is 18.3 Å². The number of ether oxygens (including phenoxy) is 1. The van der Waals surface area contributed by atoms with Crippen LogP contribution in [0.1, 0.15) is 39.2 Å². The van der Waals surface area contributed by atoms with Gasteiger partial charge in [0.05, 0.1) is 29.3 Å². The van der Waals surface area contributed by atoms with Crippen molar-refractivity contribution in [3.05, 3.63) is 94.4 Å². The fraction of sp³-hybridized carbons (Fsp3) is 0.258. The zero-order valence-electron chi connectivity index (χ0n) is 23.0. The van der Waals surface area contributed by atoms with E-state index in [0.717, 1.165) is 55.6 Å². The lowest BCUT2D eigenvalue weighted by Gasteiger charge is -2.36. The van der Waals surface area contributed by atoms with Gasteiger partial charge >= 0.3 is 0 Å². The van der Waals surface area contributed by atoms with Crippen LogP contribution in [0.4, 0.5) is 14.6 Å². The minimum atomic E-state index is -0.834. The number of fused-ring (bicyclic) bond motifs is 3. The van der Waals surface area contributed by atoms with Crippen molar-refractivity contribution in [3.8, 4) is 17.3 Å². The van der Waals surface area contributed by atoms with Crippen molar-refractivity contribution in [2.24, 2.45) is 0 Å². The molecule has 0 aliphatic carbocycles. The number of aryl methyl sites for hydroxylation is 1. The third-order valence-corrected chi connectivity index (χ3v) is 8.20. The minimum absolute atomic E-state index is 0.00574. The molecule has 7 rings (SSSR count). The number of hydrogen-bond donors (Lipinski definition) is 3. The van der Waals surface area contributed by atoms with Crippen molar-refractivity contribution in [2.45, 2.75) is 32.4 Å². The zero-order chi connectivity index (χ0) is 29.0. The quantitative estimate of drug-likeness (QED) is 0.244. The molecule has 0 bridgehead atoms. The van der Waals surface area contributed by atoms with E-state index in [9.17, 15) is 13.6 Å². The molecule has 0 amide bonds. The number of pyridine rings is 1. The van der Waals surface area contributed by atoms with Crippen LogP contribution in [0.5, 0.6) is 11.6 Å². The van der Waals surface area contributed by atoms with Crippen LogP contribution >= 0.6 is 0 Å². The number of ketones is 1. The van der Waals surface area contributed by atoms with Gasteiger partial charge in [-0.2, -0.15) is 5.10 Å². The highest BCUT2D eigenvalue weighted by atomic mass is 19.1. The molecular formula is C31H29F2N7O2. The molecule has 1 saturated heterocycles. The van der Waals surface area contributed by atoms with Crippen molar-refractivity contribution in [1.82, 2.24) is 30.0 Å². The van der Waals surface area contributed by atoms with Gasteiger partial charge in [-0.3, -0.25) is 9.69 Å². The molecule has 9 nitrogen and oxygen atoms in total. The second-order valence-corrected chi connectivity index (χ2v) is 10.9. The topological polar surface area (TPSA) is 114 Å². The van der Waals surface area contributed by atoms with Gasteiger partial charge in [0.2, 0.25) is 17.4 Å². The van der Waals surface area contributed by atoms with Crippen LogP contribution in [-0.2, 0) is 13.0 Å². The maximum Gasteiger partial charge on any atom is 0.219 e. The number of para-hydroxylation sites is 1. The van der Waals surface area contributed by atoms with Crippen molar-refractivity contribution >= 4 is 22.5 Å². The van der Waals surface area contributed by atoms with Gasteiger partial charge in [-0.15, -0.1) is 0 Å². The van der Waals surface area contributed by atoms with Gasteiger partial charge in [0.1, 0.15) is 5.82 Å². The molecule has 1 fully saturated rings. The summed E-state index contributed by atoms with van der Waals surface area (Å²) >= 11 is 0. The SMILES string of the molecule is Cc1cc(Oc2c(F)cccc2F)ncc1-n1ncc(C(=O)c2cc3c4c(ccc3[nH]2)CCN(CC2CCN2)C4)c1N. The average Bonchev–Trinajstić information content (AvgIpc) is 3.57. The first-order chi connectivity index (χ1) is 20.4. The Bertz CT molecular complexity index is 1820. The normalized spacial score (nSPS) is 16.8. The fourth-order valence-electron chi connectivity index (χ4n) is 5.76. The van der Waals surface area contributed by atoms with Crippen molar-refractivity contribution in [3.63, 3.8) is 0 Å². The van der Waals surface area contributed by atoms with Gasteiger partial charge in [-0.1, -0.05) is 12.1 Å². The number of rotatable bonds is 7. The standard InChI is InChI=1S/C31H29F2N7O2/c1-17-11-28(42-30-23(32)3-2-4-24(30)33)36-14-27(17)40-31(34)21(13-37-40)29(41)26-12-20-22-16-39(15-19-7-9-35-19)10-8-18(22)5-6-25(20)38-26/h2-6,11-14,19,35,38H,7-10,15-16,34H2,1H3. The minimum Gasteiger partial charge on any atom is -0.433 e. The molecule has 4 N–H and O–H groups in total. The largest absolute Gasteiger partial charge is 0.433 e. The molecule has 5 aromatic rings. The van der Waals surface area contributed by atoms with E-state index >= 15 is 0 Å². The number of carbonyl (C=O) groups is 1. The average molecular weight is 570 g/mol. The number of halogens is 2. The summed E-state index contributed by atoms with van der Waals surface area (Å²) in [4.78, 5) is 23.6. The third-order valence-electron chi connectivity index (χ3n) is 8.20. The molecule has 214 valence electrons. The van der Waals surface area contributed by atoms with E-state index in [4.69, 9.17) is 10.5 Å². The van der Waals surface area contributed by atoms with Gasteiger partial charge in [-0.05, 0) is 67.3 Å². The highest BCUT2D eigenvalue weighted by Crippen LogP contribution is 2.32. The van der Waals surface area contributed by atoms with Gasteiger partial charge in [0.15, 0.2) is 11.6 Å².